The highest BCUT2D eigenvalue weighted by Gasteiger charge is 2.28. The van der Waals surface area contributed by atoms with Gasteiger partial charge in [-0.25, -0.2) is 4.79 Å². The summed E-state index contributed by atoms with van der Waals surface area (Å²) in [7, 11) is 0. The first kappa shape index (κ1) is 9.34. The second-order valence-electron chi connectivity index (χ2n) is 3.28. The largest absolute Gasteiger partial charge is 0.444 e. The Hall–Kier alpha value is -1.22. The summed E-state index contributed by atoms with van der Waals surface area (Å²) in [5.41, 5.74) is 0.823. The molecular formula is C10H10ClNO2. The lowest BCUT2D eigenvalue weighted by atomic mass is 10.3. The first-order valence-electron chi connectivity index (χ1n) is 4.40. The summed E-state index contributed by atoms with van der Waals surface area (Å²) in [5.74, 6) is 0. The van der Waals surface area contributed by atoms with Crippen LogP contribution < -0.4 is 4.90 Å². The van der Waals surface area contributed by atoms with Crippen LogP contribution in [0.4, 0.5) is 10.5 Å². The maximum absolute atomic E-state index is 11.3. The molecule has 1 fully saturated rings. The van der Waals surface area contributed by atoms with Gasteiger partial charge in [0.2, 0.25) is 0 Å². The van der Waals surface area contributed by atoms with E-state index in [9.17, 15) is 4.79 Å². The van der Waals surface area contributed by atoms with E-state index in [4.69, 9.17) is 16.3 Å². The Bertz CT molecular complexity index is 350. The summed E-state index contributed by atoms with van der Waals surface area (Å²) < 4.78 is 5.01. The van der Waals surface area contributed by atoms with Gasteiger partial charge in [-0.1, -0.05) is 11.6 Å². The van der Waals surface area contributed by atoms with E-state index in [1.54, 1.807) is 17.0 Å². The minimum atomic E-state index is -0.292. The zero-order chi connectivity index (χ0) is 10.1. The number of carbonyl (C=O) groups is 1. The summed E-state index contributed by atoms with van der Waals surface area (Å²) >= 11 is 5.75. The van der Waals surface area contributed by atoms with Crippen LogP contribution in [0.15, 0.2) is 24.3 Å². The number of hydrogen-bond acceptors (Lipinski definition) is 2. The molecule has 0 N–H and O–H groups in total. The first-order chi connectivity index (χ1) is 6.66. The number of anilines is 1. The summed E-state index contributed by atoms with van der Waals surface area (Å²) in [6.07, 6.45) is -0.335. The van der Waals surface area contributed by atoms with Gasteiger partial charge in [0, 0.05) is 10.7 Å². The Labute approximate surface area is 87.2 Å². The molecule has 1 aliphatic heterocycles. The molecule has 1 heterocycles. The van der Waals surface area contributed by atoms with Crippen LogP contribution in [0.1, 0.15) is 6.92 Å². The minimum Gasteiger partial charge on any atom is -0.444 e. The van der Waals surface area contributed by atoms with E-state index in [-0.39, 0.29) is 12.2 Å². The van der Waals surface area contributed by atoms with Crippen molar-refractivity contribution in [2.24, 2.45) is 0 Å². The molecule has 1 atom stereocenters. The maximum atomic E-state index is 11.3. The van der Waals surface area contributed by atoms with Crippen LogP contribution in [-0.4, -0.2) is 18.7 Å². The minimum absolute atomic E-state index is 0.0434. The Kier molecular flexibility index (Phi) is 2.33. The van der Waals surface area contributed by atoms with Crippen molar-refractivity contribution < 1.29 is 9.53 Å². The monoisotopic (exact) mass is 211 g/mol. The van der Waals surface area contributed by atoms with Gasteiger partial charge in [-0.15, -0.1) is 0 Å². The molecule has 14 heavy (non-hydrogen) atoms. The Morgan fingerprint density at radius 3 is 2.57 bits per heavy atom. The van der Waals surface area contributed by atoms with E-state index in [0.717, 1.165) is 5.69 Å². The van der Waals surface area contributed by atoms with Gasteiger partial charge in [-0.2, -0.15) is 0 Å². The average molecular weight is 212 g/mol. The highest BCUT2D eigenvalue weighted by molar-refractivity contribution is 6.30. The summed E-state index contributed by atoms with van der Waals surface area (Å²) in [5, 5.41) is 0.661. The van der Waals surface area contributed by atoms with E-state index in [2.05, 4.69) is 0 Å². The summed E-state index contributed by atoms with van der Waals surface area (Å²) in [4.78, 5) is 12.9. The fraction of sp³-hybridized carbons (Fsp3) is 0.300. The second-order valence-corrected chi connectivity index (χ2v) is 3.72. The highest BCUT2D eigenvalue weighted by atomic mass is 35.5. The smallest absolute Gasteiger partial charge is 0.414 e. The zero-order valence-electron chi connectivity index (χ0n) is 7.74. The van der Waals surface area contributed by atoms with Gasteiger partial charge >= 0.3 is 6.09 Å². The normalized spacial score (nSPS) is 21.1. The van der Waals surface area contributed by atoms with Gasteiger partial charge in [0.15, 0.2) is 0 Å². The lowest BCUT2D eigenvalue weighted by molar-refractivity contribution is 0.150. The van der Waals surface area contributed by atoms with Crippen LogP contribution in [0.3, 0.4) is 0 Å². The number of ether oxygens (including phenoxy) is 1. The lowest BCUT2D eigenvalue weighted by Gasteiger charge is -2.12. The van der Waals surface area contributed by atoms with Crippen LogP contribution in [0.5, 0.6) is 0 Å². The second kappa shape index (κ2) is 3.50. The number of carbonyl (C=O) groups excluding carboxylic acids is 1. The van der Waals surface area contributed by atoms with Crippen LogP contribution in [0.2, 0.25) is 5.02 Å². The van der Waals surface area contributed by atoms with Gasteiger partial charge in [-0.3, -0.25) is 4.90 Å². The number of benzene rings is 1. The molecule has 3 nitrogen and oxygen atoms in total. The topological polar surface area (TPSA) is 29.5 Å². The van der Waals surface area contributed by atoms with Crippen molar-refractivity contribution >= 4 is 23.4 Å². The van der Waals surface area contributed by atoms with Gasteiger partial charge < -0.3 is 4.74 Å². The average Bonchev–Trinajstić information content (AvgIpc) is 2.47. The van der Waals surface area contributed by atoms with E-state index in [0.29, 0.717) is 11.6 Å². The van der Waals surface area contributed by atoms with Crippen LogP contribution >= 0.6 is 11.6 Å². The molecular weight excluding hydrogens is 202 g/mol. The van der Waals surface area contributed by atoms with E-state index < -0.39 is 0 Å². The van der Waals surface area contributed by atoms with Crippen LogP contribution in [0, 0.1) is 0 Å². The van der Waals surface area contributed by atoms with Gasteiger partial charge in [0.05, 0.1) is 6.54 Å². The lowest BCUT2D eigenvalue weighted by Crippen LogP contribution is -2.23. The van der Waals surface area contributed by atoms with E-state index in [1.165, 1.54) is 0 Å². The molecule has 0 aromatic heterocycles. The standard InChI is InChI=1S/C10H10ClNO2/c1-7-6-12(10(13)14-7)9-4-2-8(11)3-5-9/h2-5,7H,6H2,1H3. The Morgan fingerprint density at radius 1 is 1.43 bits per heavy atom. The summed E-state index contributed by atoms with van der Waals surface area (Å²) in [6.45, 7) is 2.47. The SMILES string of the molecule is CC1CN(c2ccc(Cl)cc2)C(=O)O1. The fourth-order valence-electron chi connectivity index (χ4n) is 1.44. The first-order valence-corrected chi connectivity index (χ1v) is 4.78. The number of nitrogens with zero attached hydrogens (tertiary/aromatic N) is 1. The molecule has 0 saturated carbocycles. The van der Waals surface area contributed by atoms with Crippen molar-refractivity contribution in [3.05, 3.63) is 29.3 Å². The number of halogens is 1. The van der Waals surface area contributed by atoms with Crippen molar-refractivity contribution in [2.75, 3.05) is 11.4 Å². The molecule has 1 unspecified atom stereocenters. The van der Waals surface area contributed by atoms with Crippen molar-refractivity contribution in [2.45, 2.75) is 13.0 Å². The quantitative estimate of drug-likeness (QED) is 0.715. The van der Waals surface area contributed by atoms with Gasteiger partial charge in [-0.05, 0) is 31.2 Å². The van der Waals surface area contributed by atoms with Crippen LogP contribution in [-0.2, 0) is 4.74 Å². The number of hydrogen-bond donors (Lipinski definition) is 0. The highest BCUT2D eigenvalue weighted by Crippen LogP contribution is 2.22. The molecule has 1 aliphatic rings. The van der Waals surface area contributed by atoms with E-state index in [1.807, 2.05) is 19.1 Å². The zero-order valence-corrected chi connectivity index (χ0v) is 8.49. The predicted octanol–water partition coefficient (Wildman–Crippen LogP) is 2.69. The molecule has 1 aromatic carbocycles. The molecule has 1 aromatic rings. The fourth-order valence-corrected chi connectivity index (χ4v) is 1.56. The molecule has 1 amide bonds. The number of rotatable bonds is 1. The molecule has 2 rings (SSSR count). The Morgan fingerprint density at radius 2 is 2.07 bits per heavy atom. The number of amides is 1. The molecule has 0 aliphatic carbocycles. The maximum Gasteiger partial charge on any atom is 0.414 e. The molecule has 0 spiro atoms. The Balaban J connectivity index is 2.23. The molecule has 0 radical (unpaired) electrons. The third kappa shape index (κ3) is 1.68. The van der Waals surface area contributed by atoms with Crippen molar-refractivity contribution in [1.82, 2.24) is 0 Å². The molecule has 0 bridgehead atoms. The van der Waals surface area contributed by atoms with Crippen molar-refractivity contribution in [3.8, 4) is 0 Å². The van der Waals surface area contributed by atoms with Gasteiger partial charge in [0.1, 0.15) is 6.10 Å². The van der Waals surface area contributed by atoms with E-state index >= 15 is 0 Å². The molecule has 4 heteroatoms. The summed E-state index contributed by atoms with van der Waals surface area (Å²) in [6, 6.07) is 7.13. The predicted molar refractivity (Wildman–Crippen MR) is 54.7 cm³/mol. The van der Waals surface area contributed by atoms with Gasteiger partial charge in [0.25, 0.3) is 0 Å². The van der Waals surface area contributed by atoms with Crippen molar-refractivity contribution in [3.63, 3.8) is 0 Å². The van der Waals surface area contributed by atoms with Crippen molar-refractivity contribution in [1.29, 1.82) is 0 Å². The number of cyclic esters (lactones) is 1. The molecule has 74 valence electrons. The van der Waals surface area contributed by atoms with Crippen LogP contribution in [0.25, 0.3) is 0 Å². The third-order valence-electron chi connectivity index (χ3n) is 2.10. The molecule has 1 saturated heterocycles. The third-order valence-corrected chi connectivity index (χ3v) is 2.35.